The summed E-state index contributed by atoms with van der Waals surface area (Å²) in [6.45, 7) is 6.56. The smallest absolute Gasteiger partial charge is 0.306 e. The van der Waals surface area contributed by atoms with E-state index in [-0.39, 0.29) is 44.0 Å². The molecule has 0 saturated carbocycles. The first kappa shape index (κ1) is 59.1. The summed E-state index contributed by atoms with van der Waals surface area (Å²) in [5.74, 6) is -0.977. The molecule has 0 spiro atoms. The number of allylic oxidation sites excluding steroid dienone is 10. The summed E-state index contributed by atoms with van der Waals surface area (Å²) in [4.78, 5) is 37.9. The van der Waals surface area contributed by atoms with E-state index in [0.29, 0.717) is 12.8 Å². The van der Waals surface area contributed by atoms with Crippen molar-refractivity contribution >= 4 is 17.9 Å². The van der Waals surface area contributed by atoms with Gasteiger partial charge in [-0.25, -0.2) is 0 Å². The molecule has 0 N–H and O–H groups in total. The van der Waals surface area contributed by atoms with Crippen molar-refractivity contribution in [3.05, 3.63) is 60.8 Å². The number of carbonyl (C=O) groups is 3. The summed E-state index contributed by atoms with van der Waals surface area (Å²) in [6, 6.07) is 0. The van der Waals surface area contributed by atoms with Gasteiger partial charge in [0.05, 0.1) is 0 Å². The molecule has 0 aromatic heterocycles. The van der Waals surface area contributed by atoms with E-state index in [0.717, 1.165) is 70.6 Å². The Balaban J connectivity index is 4.48. The summed E-state index contributed by atoms with van der Waals surface area (Å²) < 4.78 is 16.7. The third kappa shape index (κ3) is 48.1. The fourth-order valence-corrected chi connectivity index (χ4v) is 7.27. The number of unbranched alkanes of at least 4 members (excludes halogenated alkanes) is 27. The van der Waals surface area contributed by atoms with E-state index < -0.39 is 6.10 Å². The molecule has 0 rings (SSSR count). The molecule has 0 heterocycles. The van der Waals surface area contributed by atoms with E-state index in [1.54, 1.807) is 0 Å². The van der Waals surface area contributed by atoms with E-state index in [9.17, 15) is 14.4 Å². The van der Waals surface area contributed by atoms with Crippen LogP contribution in [-0.4, -0.2) is 37.2 Å². The molecule has 0 fully saturated rings. The van der Waals surface area contributed by atoms with Crippen molar-refractivity contribution in [3.8, 4) is 0 Å². The Bertz CT molecular complexity index is 1130. The van der Waals surface area contributed by atoms with Crippen molar-refractivity contribution in [1.82, 2.24) is 0 Å². The molecule has 6 heteroatoms. The summed E-state index contributed by atoms with van der Waals surface area (Å²) in [5.41, 5.74) is 0. The normalized spacial score (nSPS) is 12.5. The Kier molecular flexibility index (Phi) is 48.4. The van der Waals surface area contributed by atoms with E-state index in [1.165, 1.54) is 141 Å². The van der Waals surface area contributed by atoms with Crippen molar-refractivity contribution in [2.45, 2.75) is 264 Å². The lowest BCUT2D eigenvalue weighted by molar-refractivity contribution is -0.167. The highest BCUT2D eigenvalue weighted by atomic mass is 16.6. The maximum absolute atomic E-state index is 12.8. The molecule has 0 bridgehead atoms. The minimum Gasteiger partial charge on any atom is -0.462 e. The Hall–Kier alpha value is -2.89. The van der Waals surface area contributed by atoms with E-state index in [1.807, 2.05) is 0 Å². The van der Waals surface area contributed by atoms with Crippen LogP contribution in [0.3, 0.4) is 0 Å². The van der Waals surface area contributed by atoms with Gasteiger partial charge in [-0.15, -0.1) is 0 Å². The molecule has 358 valence electrons. The second-order valence-electron chi connectivity index (χ2n) is 17.5. The lowest BCUT2D eigenvalue weighted by atomic mass is 10.1. The average Bonchev–Trinajstić information content (AvgIpc) is 3.27. The molecule has 62 heavy (non-hydrogen) atoms. The SMILES string of the molecule is CCCCCCCC/C=C\C/C=C\C/C=C\CCCC(=O)OCC(COC(=O)CCCCCCCCCCCCC)OC(=O)CCCCC/C=C\C=C/CCCCCCCCC. The molecule has 6 nitrogen and oxygen atoms in total. The van der Waals surface area contributed by atoms with Crippen LogP contribution in [0.2, 0.25) is 0 Å². The molecule has 0 aliphatic heterocycles. The third-order valence-electron chi connectivity index (χ3n) is 11.3. The predicted molar refractivity (Wildman–Crippen MR) is 265 cm³/mol. The number of esters is 3. The molecule has 0 aromatic carbocycles. The van der Waals surface area contributed by atoms with Gasteiger partial charge in [-0.1, -0.05) is 223 Å². The molecule has 0 amide bonds. The zero-order valence-corrected chi connectivity index (χ0v) is 40.9. The lowest BCUT2D eigenvalue weighted by Gasteiger charge is -2.18. The van der Waals surface area contributed by atoms with Crippen LogP contribution >= 0.6 is 0 Å². The van der Waals surface area contributed by atoms with Gasteiger partial charge >= 0.3 is 17.9 Å². The van der Waals surface area contributed by atoms with Gasteiger partial charge in [0.1, 0.15) is 13.2 Å². The first-order chi connectivity index (χ1) is 30.5. The summed E-state index contributed by atoms with van der Waals surface area (Å²) in [6.07, 6.45) is 62.1. The Morgan fingerprint density at radius 3 is 1.08 bits per heavy atom. The van der Waals surface area contributed by atoms with Crippen LogP contribution in [0.1, 0.15) is 258 Å². The summed E-state index contributed by atoms with van der Waals surface area (Å²) in [7, 11) is 0. The van der Waals surface area contributed by atoms with Gasteiger partial charge in [-0.3, -0.25) is 14.4 Å². The predicted octanol–water partition coefficient (Wildman–Crippen LogP) is 17.3. The standard InChI is InChI=1S/C56H98O6/c1-4-7-10-13-16-19-22-24-26-28-30-31-34-37-40-43-46-49-55(58)61-52-53(51-60-54(57)48-45-42-39-36-33-21-18-15-12-9-6-3)62-56(59)50-47-44-41-38-35-32-29-27-25-23-20-17-14-11-8-5-2/h24,26-27,29-32,35,37,40,53H,4-23,25,28,33-34,36,38-39,41-52H2,1-3H3/b26-24-,29-27-,31-30-,35-32-,40-37-. The zero-order valence-electron chi connectivity index (χ0n) is 40.9. The van der Waals surface area contributed by atoms with E-state index in [4.69, 9.17) is 14.2 Å². The number of ether oxygens (including phenoxy) is 3. The van der Waals surface area contributed by atoms with Crippen molar-refractivity contribution in [3.63, 3.8) is 0 Å². The third-order valence-corrected chi connectivity index (χ3v) is 11.3. The van der Waals surface area contributed by atoms with Gasteiger partial charge in [-0.2, -0.15) is 0 Å². The monoisotopic (exact) mass is 867 g/mol. The minimum absolute atomic E-state index is 0.0989. The quantitative estimate of drug-likeness (QED) is 0.0199. The fourth-order valence-electron chi connectivity index (χ4n) is 7.27. The summed E-state index contributed by atoms with van der Waals surface area (Å²) in [5, 5.41) is 0. The van der Waals surface area contributed by atoms with Gasteiger partial charge in [0, 0.05) is 19.3 Å². The van der Waals surface area contributed by atoms with Gasteiger partial charge in [-0.05, 0) is 77.0 Å². The number of rotatable bonds is 47. The number of hydrogen-bond acceptors (Lipinski definition) is 6. The molecule has 0 aliphatic rings. The van der Waals surface area contributed by atoms with Gasteiger partial charge in [0.15, 0.2) is 6.10 Å². The highest BCUT2D eigenvalue weighted by Gasteiger charge is 2.19. The molecule has 1 atom stereocenters. The van der Waals surface area contributed by atoms with Crippen LogP contribution < -0.4 is 0 Å². The van der Waals surface area contributed by atoms with Crippen LogP contribution in [0, 0.1) is 0 Å². The first-order valence-electron chi connectivity index (χ1n) is 26.3. The molecule has 1 unspecified atom stereocenters. The fraction of sp³-hybridized carbons (Fsp3) is 0.768. The second-order valence-corrected chi connectivity index (χ2v) is 17.5. The highest BCUT2D eigenvalue weighted by molar-refractivity contribution is 5.71. The second kappa shape index (κ2) is 50.8. The largest absolute Gasteiger partial charge is 0.462 e. The van der Waals surface area contributed by atoms with Crippen LogP contribution in [0.4, 0.5) is 0 Å². The molecule has 0 saturated heterocycles. The lowest BCUT2D eigenvalue weighted by Crippen LogP contribution is -2.30. The molecule has 0 radical (unpaired) electrons. The van der Waals surface area contributed by atoms with Gasteiger partial charge in [0.2, 0.25) is 0 Å². The van der Waals surface area contributed by atoms with Crippen molar-refractivity contribution in [2.75, 3.05) is 13.2 Å². The van der Waals surface area contributed by atoms with E-state index in [2.05, 4.69) is 81.5 Å². The van der Waals surface area contributed by atoms with Crippen molar-refractivity contribution in [2.24, 2.45) is 0 Å². The van der Waals surface area contributed by atoms with Gasteiger partial charge < -0.3 is 14.2 Å². The van der Waals surface area contributed by atoms with Crippen LogP contribution in [-0.2, 0) is 28.6 Å². The zero-order chi connectivity index (χ0) is 45.1. The Labute approximate surface area is 383 Å². The summed E-state index contributed by atoms with van der Waals surface area (Å²) >= 11 is 0. The van der Waals surface area contributed by atoms with Crippen LogP contribution in [0.15, 0.2) is 60.8 Å². The van der Waals surface area contributed by atoms with Crippen molar-refractivity contribution in [1.29, 1.82) is 0 Å². The van der Waals surface area contributed by atoms with Crippen LogP contribution in [0.25, 0.3) is 0 Å². The molecule has 0 aliphatic carbocycles. The average molecular weight is 867 g/mol. The molecular formula is C56H98O6. The minimum atomic E-state index is -0.805. The maximum atomic E-state index is 12.8. The topological polar surface area (TPSA) is 78.9 Å². The Morgan fingerprint density at radius 2 is 0.645 bits per heavy atom. The number of hydrogen-bond donors (Lipinski definition) is 0. The van der Waals surface area contributed by atoms with Crippen LogP contribution in [0.5, 0.6) is 0 Å². The maximum Gasteiger partial charge on any atom is 0.306 e. The number of carbonyl (C=O) groups excluding carboxylic acids is 3. The highest BCUT2D eigenvalue weighted by Crippen LogP contribution is 2.14. The van der Waals surface area contributed by atoms with Gasteiger partial charge in [0.25, 0.3) is 0 Å². The molecule has 0 aromatic rings. The van der Waals surface area contributed by atoms with E-state index >= 15 is 0 Å². The molecular weight excluding hydrogens is 769 g/mol. The first-order valence-corrected chi connectivity index (χ1v) is 26.3. The Morgan fingerprint density at radius 1 is 0.339 bits per heavy atom. The van der Waals surface area contributed by atoms with Crippen molar-refractivity contribution < 1.29 is 28.6 Å².